The van der Waals surface area contributed by atoms with E-state index in [-0.39, 0.29) is 18.0 Å². The summed E-state index contributed by atoms with van der Waals surface area (Å²) in [6.07, 6.45) is 2.19. The Morgan fingerprint density at radius 1 is 1.07 bits per heavy atom. The average molecular weight is 396 g/mol. The summed E-state index contributed by atoms with van der Waals surface area (Å²) in [5.41, 5.74) is 3.43. The van der Waals surface area contributed by atoms with Crippen LogP contribution >= 0.6 is 0 Å². The number of hydrogen-bond donors (Lipinski definition) is 2. The molecule has 1 aromatic heterocycles. The highest BCUT2D eigenvalue weighted by Gasteiger charge is 2.24. The molecule has 1 aliphatic heterocycles. The Hall–Kier alpha value is -2.93. The van der Waals surface area contributed by atoms with Crippen molar-refractivity contribution in [2.45, 2.75) is 33.2 Å². The Morgan fingerprint density at radius 3 is 2.45 bits per heavy atom. The molecular weight excluding hydrogens is 366 g/mol. The molecule has 2 N–H and O–H groups in total. The number of carbonyl (C=O) groups is 2. The number of urea groups is 1. The topological polar surface area (TPSA) is 77.6 Å². The Morgan fingerprint density at radius 2 is 1.79 bits per heavy atom. The average Bonchev–Trinajstić information content (AvgIpc) is 2.74. The standard InChI is InChI=1S/C22H29N5O2/c1-4-21(28)27-12-10-26(11-13-27)17(3)18-6-5-7-19(14-18)24-22(29)25-20-9-8-16(2)23-15-20/h5-9,14-15,17H,4,10-13H2,1-3H3,(H2,24,25,29)/t17-/m0/s1. The van der Waals surface area contributed by atoms with Crippen LogP contribution in [0.4, 0.5) is 16.2 Å². The van der Waals surface area contributed by atoms with Crippen molar-refractivity contribution in [2.75, 3.05) is 36.8 Å². The van der Waals surface area contributed by atoms with E-state index in [9.17, 15) is 9.59 Å². The number of pyridine rings is 1. The number of aryl methyl sites for hydroxylation is 1. The molecule has 3 rings (SSSR count). The maximum Gasteiger partial charge on any atom is 0.323 e. The first kappa shape index (κ1) is 20.8. The second-order valence-electron chi connectivity index (χ2n) is 7.34. The van der Waals surface area contributed by atoms with Gasteiger partial charge < -0.3 is 15.5 Å². The molecule has 0 saturated carbocycles. The van der Waals surface area contributed by atoms with Gasteiger partial charge in [-0.05, 0) is 43.7 Å². The minimum Gasteiger partial charge on any atom is -0.340 e. The van der Waals surface area contributed by atoms with Gasteiger partial charge in [0, 0.05) is 50.0 Å². The summed E-state index contributed by atoms with van der Waals surface area (Å²) in [4.78, 5) is 32.6. The number of anilines is 2. The van der Waals surface area contributed by atoms with Gasteiger partial charge in [0.2, 0.25) is 5.91 Å². The minimum absolute atomic E-state index is 0.208. The highest BCUT2D eigenvalue weighted by atomic mass is 16.2. The number of nitrogens with zero attached hydrogens (tertiary/aromatic N) is 3. The van der Waals surface area contributed by atoms with Crippen LogP contribution in [0.2, 0.25) is 0 Å². The normalized spacial score (nSPS) is 15.6. The van der Waals surface area contributed by atoms with E-state index in [4.69, 9.17) is 0 Å². The predicted octanol–water partition coefficient (Wildman–Crippen LogP) is 3.65. The van der Waals surface area contributed by atoms with E-state index in [1.54, 1.807) is 6.20 Å². The molecular formula is C22H29N5O2. The van der Waals surface area contributed by atoms with Crippen molar-refractivity contribution < 1.29 is 9.59 Å². The van der Waals surface area contributed by atoms with Crippen LogP contribution in [-0.2, 0) is 4.79 Å². The fourth-order valence-corrected chi connectivity index (χ4v) is 3.50. The summed E-state index contributed by atoms with van der Waals surface area (Å²) >= 11 is 0. The lowest BCUT2D eigenvalue weighted by atomic mass is 10.1. The Bertz CT molecular complexity index is 845. The number of rotatable bonds is 5. The van der Waals surface area contributed by atoms with E-state index in [0.29, 0.717) is 12.1 Å². The van der Waals surface area contributed by atoms with E-state index in [0.717, 1.165) is 43.1 Å². The summed E-state index contributed by atoms with van der Waals surface area (Å²) < 4.78 is 0. The lowest BCUT2D eigenvalue weighted by molar-refractivity contribution is -0.132. The number of aromatic nitrogens is 1. The fraction of sp³-hybridized carbons (Fsp3) is 0.409. The van der Waals surface area contributed by atoms with Gasteiger partial charge in [0.1, 0.15) is 0 Å². The molecule has 154 valence electrons. The molecule has 1 fully saturated rings. The molecule has 2 heterocycles. The molecule has 0 aliphatic carbocycles. The van der Waals surface area contributed by atoms with Gasteiger partial charge >= 0.3 is 6.03 Å². The van der Waals surface area contributed by atoms with Crippen molar-refractivity contribution in [3.8, 4) is 0 Å². The quantitative estimate of drug-likeness (QED) is 0.810. The lowest BCUT2D eigenvalue weighted by Gasteiger charge is -2.38. The van der Waals surface area contributed by atoms with Gasteiger partial charge in [-0.3, -0.25) is 14.7 Å². The van der Waals surface area contributed by atoms with Crippen LogP contribution in [0.1, 0.15) is 37.6 Å². The third-order valence-electron chi connectivity index (χ3n) is 5.31. The largest absolute Gasteiger partial charge is 0.340 e. The predicted molar refractivity (Wildman–Crippen MR) is 115 cm³/mol. The number of benzene rings is 1. The van der Waals surface area contributed by atoms with Gasteiger partial charge in [0.15, 0.2) is 0 Å². The maximum absolute atomic E-state index is 12.3. The zero-order chi connectivity index (χ0) is 20.8. The summed E-state index contributed by atoms with van der Waals surface area (Å²) in [7, 11) is 0. The molecule has 29 heavy (non-hydrogen) atoms. The third kappa shape index (κ3) is 5.54. The van der Waals surface area contributed by atoms with Crippen LogP contribution in [0.5, 0.6) is 0 Å². The Balaban J connectivity index is 1.58. The lowest BCUT2D eigenvalue weighted by Crippen LogP contribution is -2.49. The molecule has 3 amide bonds. The van der Waals surface area contributed by atoms with E-state index < -0.39 is 0 Å². The van der Waals surface area contributed by atoms with Crippen LogP contribution in [-0.4, -0.2) is 52.9 Å². The summed E-state index contributed by atoms with van der Waals surface area (Å²) in [5.74, 6) is 0.221. The van der Waals surface area contributed by atoms with Gasteiger partial charge in [-0.15, -0.1) is 0 Å². The Labute approximate surface area is 172 Å². The highest BCUT2D eigenvalue weighted by molar-refractivity contribution is 5.99. The van der Waals surface area contributed by atoms with Crippen molar-refractivity contribution in [1.29, 1.82) is 0 Å². The molecule has 0 bridgehead atoms. The van der Waals surface area contributed by atoms with Crippen LogP contribution in [0.25, 0.3) is 0 Å². The first-order valence-corrected chi connectivity index (χ1v) is 10.1. The van der Waals surface area contributed by atoms with Crippen molar-refractivity contribution >= 4 is 23.3 Å². The van der Waals surface area contributed by atoms with Gasteiger partial charge in [0.25, 0.3) is 0 Å². The molecule has 1 atom stereocenters. The molecule has 2 aromatic rings. The molecule has 1 aliphatic rings. The monoisotopic (exact) mass is 395 g/mol. The molecule has 1 saturated heterocycles. The van der Waals surface area contributed by atoms with Crippen LogP contribution in [0, 0.1) is 6.92 Å². The van der Waals surface area contributed by atoms with Gasteiger partial charge in [0.05, 0.1) is 11.9 Å². The number of nitrogens with one attached hydrogen (secondary N) is 2. The first-order chi connectivity index (χ1) is 14.0. The van der Waals surface area contributed by atoms with Crippen molar-refractivity contribution in [3.63, 3.8) is 0 Å². The summed E-state index contributed by atoms with van der Waals surface area (Å²) in [6, 6.07) is 11.5. The number of carbonyl (C=O) groups excluding carboxylic acids is 2. The summed E-state index contributed by atoms with van der Waals surface area (Å²) in [6.45, 7) is 9.20. The zero-order valence-electron chi connectivity index (χ0n) is 17.3. The smallest absolute Gasteiger partial charge is 0.323 e. The van der Waals surface area contributed by atoms with Crippen LogP contribution < -0.4 is 10.6 Å². The van der Waals surface area contributed by atoms with Crippen molar-refractivity contribution in [2.24, 2.45) is 0 Å². The molecule has 0 spiro atoms. The zero-order valence-corrected chi connectivity index (χ0v) is 17.3. The SMILES string of the molecule is CCC(=O)N1CCN([C@@H](C)c2cccc(NC(=O)Nc3ccc(C)nc3)c2)CC1. The Kier molecular flexibility index (Phi) is 6.82. The summed E-state index contributed by atoms with van der Waals surface area (Å²) in [5, 5.41) is 5.67. The first-order valence-electron chi connectivity index (χ1n) is 10.1. The number of amides is 3. The van der Waals surface area contributed by atoms with E-state index in [2.05, 4.69) is 33.5 Å². The molecule has 7 heteroatoms. The third-order valence-corrected chi connectivity index (χ3v) is 5.31. The molecule has 1 aromatic carbocycles. The number of hydrogen-bond acceptors (Lipinski definition) is 4. The molecule has 7 nitrogen and oxygen atoms in total. The van der Waals surface area contributed by atoms with Crippen molar-refractivity contribution in [1.82, 2.24) is 14.8 Å². The second kappa shape index (κ2) is 9.52. The molecule has 0 radical (unpaired) electrons. The van der Waals surface area contributed by atoms with Gasteiger partial charge in [-0.2, -0.15) is 0 Å². The van der Waals surface area contributed by atoms with Gasteiger partial charge in [-0.1, -0.05) is 19.1 Å². The second-order valence-corrected chi connectivity index (χ2v) is 7.34. The molecule has 0 unspecified atom stereocenters. The highest BCUT2D eigenvalue weighted by Crippen LogP contribution is 2.24. The van der Waals surface area contributed by atoms with Crippen molar-refractivity contribution in [3.05, 3.63) is 53.9 Å². The fourth-order valence-electron chi connectivity index (χ4n) is 3.50. The van der Waals surface area contributed by atoms with Crippen LogP contribution in [0.3, 0.4) is 0 Å². The van der Waals surface area contributed by atoms with E-state index in [1.165, 1.54) is 0 Å². The number of piperazine rings is 1. The van der Waals surface area contributed by atoms with E-state index >= 15 is 0 Å². The maximum atomic E-state index is 12.3. The van der Waals surface area contributed by atoms with Crippen LogP contribution in [0.15, 0.2) is 42.6 Å². The van der Waals surface area contributed by atoms with E-state index in [1.807, 2.05) is 49.1 Å². The van der Waals surface area contributed by atoms with Gasteiger partial charge in [-0.25, -0.2) is 4.79 Å². The minimum atomic E-state index is -0.299.